The molecule has 0 amide bonds. The number of halogens is 1. The minimum atomic E-state index is -3.80. The molecule has 0 aromatic heterocycles. The molecule has 0 radical (unpaired) electrons. The topological polar surface area (TPSA) is 92.6 Å². The monoisotopic (exact) mass is 333 g/mol. The summed E-state index contributed by atoms with van der Waals surface area (Å²) in [6, 6.07) is 2.13. The predicted molar refractivity (Wildman–Crippen MR) is 79.1 cm³/mol. The van der Waals surface area contributed by atoms with Gasteiger partial charge < -0.3 is 5.32 Å². The lowest BCUT2D eigenvalue weighted by Crippen LogP contribution is -2.52. The molecular formula is C12H16ClN3O4S. The maximum Gasteiger partial charge on any atom is 0.275 e. The van der Waals surface area contributed by atoms with Crippen LogP contribution in [0.15, 0.2) is 17.0 Å². The highest BCUT2D eigenvalue weighted by Crippen LogP contribution is 2.31. The van der Waals surface area contributed by atoms with Crippen LogP contribution in [-0.2, 0) is 10.0 Å². The molecule has 1 aromatic rings. The van der Waals surface area contributed by atoms with Crippen LogP contribution in [0.3, 0.4) is 0 Å². The maximum absolute atomic E-state index is 12.7. The highest BCUT2D eigenvalue weighted by Gasteiger charge is 2.32. The van der Waals surface area contributed by atoms with Crippen LogP contribution in [0.25, 0.3) is 0 Å². The minimum Gasteiger partial charge on any atom is -0.314 e. The van der Waals surface area contributed by atoms with E-state index in [0.29, 0.717) is 19.6 Å². The van der Waals surface area contributed by atoms with Crippen molar-refractivity contribution in [1.82, 2.24) is 9.62 Å². The van der Waals surface area contributed by atoms with Crippen LogP contribution in [-0.4, -0.2) is 43.3 Å². The highest BCUT2D eigenvalue weighted by molar-refractivity contribution is 7.89. The van der Waals surface area contributed by atoms with E-state index in [1.165, 1.54) is 17.3 Å². The van der Waals surface area contributed by atoms with E-state index in [-0.39, 0.29) is 27.2 Å². The molecule has 2 rings (SSSR count). The molecule has 21 heavy (non-hydrogen) atoms. The van der Waals surface area contributed by atoms with Gasteiger partial charge >= 0.3 is 0 Å². The van der Waals surface area contributed by atoms with E-state index in [4.69, 9.17) is 11.6 Å². The third-order valence-electron chi connectivity index (χ3n) is 3.53. The summed E-state index contributed by atoms with van der Waals surface area (Å²) in [4.78, 5) is 10.3. The number of hydrogen-bond donors (Lipinski definition) is 1. The Bertz CT molecular complexity index is 677. The molecule has 0 unspecified atom stereocenters. The normalized spacial score (nSPS) is 20.4. The van der Waals surface area contributed by atoms with Gasteiger partial charge in [-0.2, -0.15) is 4.31 Å². The Morgan fingerprint density at radius 3 is 2.71 bits per heavy atom. The first-order chi connectivity index (χ1) is 9.75. The number of nitrogens with zero attached hydrogens (tertiary/aromatic N) is 2. The Morgan fingerprint density at radius 2 is 2.14 bits per heavy atom. The fraction of sp³-hybridized carbons (Fsp3) is 0.500. The number of nitro groups is 1. The molecule has 9 heteroatoms. The zero-order chi connectivity index (χ0) is 15.8. The standard InChI is InChI=1S/C12H16ClN3O4S/c1-8-7-14-3-4-15(8)21(19,20)10-5-11(13)9(2)12(6-10)16(17)18/h5-6,8,14H,3-4,7H2,1-2H3/t8-/m1/s1. The van der Waals surface area contributed by atoms with Crippen molar-refractivity contribution < 1.29 is 13.3 Å². The summed E-state index contributed by atoms with van der Waals surface area (Å²) in [7, 11) is -3.80. The number of piperazine rings is 1. The van der Waals surface area contributed by atoms with Gasteiger partial charge in [0.25, 0.3) is 5.69 Å². The molecular weight excluding hydrogens is 318 g/mol. The van der Waals surface area contributed by atoms with E-state index in [0.717, 1.165) is 6.07 Å². The van der Waals surface area contributed by atoms with Gasteiger partial charge in [0.1, 0.15) is 0 Å². The van der Waals surface area contributed by atoms with Gasteiger partial charge in [0.2, 0.25) is 10.0 Å². The van der Waals surface area contributed by atoms with E-state index in [1.54, 1.807) is 6.92 Å². The first-order valence-corrected chi connectivity index (χ1v) is 8.24. The molecule has 0 saturated carbocycles. The van der Waals surface area contributed by atoms with Gasteiger partial charge in [-0.25, -0.2) is 8.42 Å². The second-order valence-electron chi connectivity index (χ2n) is 4.98. The van der Waals surface area contributed by atoms with Crippen LogP contribution in [0, 0.1) is 17.0 Å². The number of hydrogen-bond acceptors (Lipinski definition) is 5. The SMILES string of the molecule is Cc1c(Cl)cc(S(=O)(=O)N2CCNC[C@H]2C)cc1[N+](=O)[O-]. The van der Waals surface area contributed by atoms with Crippen LogP contribution < -0.4 is 5.32 Å². The third-order valence-corrected chi connectivity index (χ3v) is 5.92. The third kappa shape index (κ3) is 3.03. The Morgan fingerprint density at radius 1 is 1.48 bits per heavy atom. The smallest absolute Gasteiger partial charge is 0.275 e. The van der Waals surface area contributed by atoms with Gasteiger partial charge in [-0.3, -0.25) is 10.1 Å². The van der Waals surface area contributed by atoms with Crippen LogP contribution in [0.1, 0.15) is 12.5 Å². The quantitative estimate of drug-likeness (QED) is 0.669. The molecule has 1 aliphatic heterocycles. The molecule has 116 valence electrons. The summed E-state index contributed by atoms with van der Waals surface area (Å²) in [6.45, 7) is 4.69. The van der Waals surface area contributed by atoms with Crippen molar-refractivity contribution in [2.75, 3.05) is 19.6 Å². The van der Waals surface area contributed by atoms with E-state index in [2.05, 4.69) is 5.32 Å². The Labute approximate surface area is 128 Å². The molecule has 1 saturated heterocycles. The van der Waals surface area contributed by atoms with E-state index in [1.807, 2.05) is 0 Å². The van der Waals surface area contributed by atoms with E-state index >= 15 is 0 Å². The van der Waals surface area contributed by atoms with Gasteiger partial charge in [-0.05, 0) is 19.9 Å². The lowest BCUT2D eigenvalue weighted by atomic mass is 10.2. The molecule has 1 aliphatic rings. The number of nitro benzene ring substituents is 1. The second kappa shape index (κ2) is 5.88. The van der Waals surface area contributed by atoms with Gasteiger partial charge in [-0.15, -0.1) is 0 Å². The molecule has 1 N–H and O–H groups in total. The number of benzene rings is 1. The molecule has 1 aromatic carbocycles. The summed E-state index contributed by atoms with van der Waals surface area (Å²) in [5.41, 5.74) is -0.0298. The van der Waals surface area contributed by atoms with Crippen molar-refractivity contribution >= 4 is 27.3 Å². The molecule has 0 aliphatic carbocycles. The average molecular weight is 334 g/mol. The first kappa shape index (κ1) is 16.2. The fourth-order valence-electron chi connectivity index (χ4n) is 2.29. The summed E-state index contributed by atoms with van der Waals surface area (Å²) < 4.78 is 26.6. The van der Waals surface area contributed by atoms with Crippen molar-refractivity contribution in [3.8, 4) is 0 Å². The summed E-state index contributed by atoms with van der Waals surface area (Å²) in [5.74, 6) is 0. The van der Waals surface area contributed by atoms with Crippen molar-refractivity contribution in [2.45, 2.75) is 24.8 Å². The molecule has 7 nitrogen and oxygen atoms in total. The minimum absolute atomic E-state index is 0.0746. The molecule has 1 fully saturated rings. The Kier molecular flexibility index (Phi) is 4.52. The first-order valence-electron chi connectivity index (χ1n) is 6.42. The molecule has 1 heterocycles. The summed E-state index contributed by atoms with van der Waals surface area (Å²) in [5, 5.41) is 14.2. The highest BCUT2D eigenvalue weighted by atomic mass is 35.5. The second-order valence-corrected chi connectivity index (χ2v) is 7.27. The van der Waals surface area contributed by atoms with Gasteiger partial charge in [0.05, 0.1) is 14.8 Å². The van der Waals surface area contributed by atoms with Crippen LogP contribution in [0.2, 0.25) is 5.02 Å². The van der Waals surface area contributed by atoms with Gasteiger partial charge in [0.15, 0.2) is 0 Å². The lowest BCUT2D eigenvalue weighted by Gasteiger charge is -2.32. The largest absolute Gasteiger partial charge is 0.314 e. The fourth-order valence-corrected chi connectivity index (χ4v) is 4.25. The Hall–Kier alpha value is -1.22. The predicted octanol–water partition coefficient (Wildman–Crippen LogP) is 1.54. The zero-order valence-corrected chi connectivity index (χ0v) is 13.2. The van der Waals surface area contributed by atoms with Crippen LogP contribution in [0.5, 0.6) is 0 Å². The van der Waals surface area contributed by atoms with Crippen molar-refractivity contribution in [1.29, 1.82) is 0 Å². The van der Waals surface area contributed by atoms with E-state index in [9.17, 15) is 18.5 Å². The van der Waals surface area contributed by atoms with E-state index < -0.39 is 14.9 Å². The summed E-state index contributed by atoms with van der Waals surface area (Å²) in [6.07, 6.45) is 0. The number of nitrogens with one attached hydrogen (secondary N) is 1. The maximum atomic E-state index is 12.7. The van der Waals surface area contributed by atoms with Crippen molar-refractivity contribution in [3.63, 3.8) is 0 Å². The molecule has 0 bridgehead atoms. The van der Waals surface area contributed by atoms with Gasteiger partial charge in [0, 0.05) is 37.3 Å². The molecule has 1 atom stereocenters. The van der Waals surface area contributed by atoms with Gasteiger partial charge in [-0.1, -0.05) is 11.6 Å². The van der Waals surface area contributed by atoms with Crippen molar-refractivity contribution in [2.24, 2.45) is 0 Å². The number of rotatable bonds is 3. The van der Waals surface area contributed by atoms with Crippen LogP contribution in [0.4, 0.5) is 5.69 Å². The van der Waals surface area contributed by atoms with Crippen molar-refractivity contribution in [3.05, 3.63) is 32.8 Å². The lowest BCUT2D eigenvalue weighted by molar-refractivity contribution is -0.385. The average Bonchev–Trinajstić information content (AvgIpc) is 2.41. The zero-order valence-electron chi connectivity index (χ0n) is 11.7. The summed E-state index contributed by atoms with van der Waals surface area (Å²) >= 11 is 5.94. The molecule has 0 spiro atoms. The number of sulfonamides is 1. The Balaban J connectivity index is 2.52. The van der Waals surface area contributed by atoms with Crippen LogP contribution >= 0.6 is 11.6 Å².